The van der Waals surface area contributed by atoms with E-state index in [0.717, 1.165) is 11.1 Å². The van der Waals surface area contributed by atoms with Gasteiger partial charge in [-0.15, -0.1) is 0 Å². The molecule has 5 rings (SSSR count). The number of piperidine rings is 1. The summed E-state index contributed by atoms with van der Waals surface area (Å²) in [6, 6.07) is 16.0. The predicted octanol–water partition coefficient (Wildman–Crippen LogP) is 3.10. The van der Waals surface area contributed by atoms with Crippen LogP contribution >= 0.6 is 0 Å². The molecule has 1 amide bonds. The molecule has 43 heavy (non-hydrogen) atoms. The SMILES string of the molecule is N=C(N)C1C=CC2=CN(CC(=O)c3ccc(OCC(=O)OC4CCN(C(=O)OCc5ccccc5)CC4)cc3)CC2C1=O. The summed E-state index contributed by atoms with van der Waals surface area (Å²) in [5.41, 5.74) is 7.74. The first kappa shape index (κ1) is 29.6. The van der Waals surface area contributed by atoms with Crippen molar-refractivity contribution < 1.29 is 33.4 Å². The van der Waals surface area contributed by atoms with Crippen LogP contribution in [0, 0.1) is 17.2 Å². The smallest absolute Gasteiger partial charge is 0.410 e. The highest BCUT2D eigenvalue weighted by atomic mass is 16.6. The number of Topliss-reactive ketones (excluding diaryl/α,β-unsaturated/α-hetero) is 2. The third-order valence-electron chi connectivity index (χ3n) is 7.70. The number of esters is 1. The fourth-order valence-corrected chi connectivity index (χ4v) is 5.33. The highest BCUT2D eigenvalue weighted by Gasteiger charge is 2.37. The maximum atomic E-state index is 12.9. The maximum Gasteiger partial charge on any atom is 0.410 e. The molecule has 0 aromatic heterocycles. The third kappa shape index (κ3) is 7.48. The minimum atomic E-state index is -0.711. The van der Waals surface area contributed by atoms with Crippen molar-refractivity contribution in [1.29, 1.82) is 5.41 Å². The number of benzene rings is 2. The van der Waals surface area contributed by atoms with Crippen LogP contribution in [0.25, 0.3) is 0 Å². The van der Waals surface area contributed by atoms with E-state index in [0.29, 0.717) is 43.8 Å². The zero-order chi connectivity index (χ0) is 30.3. The first-order chi connectivity index (χ1) is 20.8. The maximum absolute atomic E-state index is 12.9. The van der Waals surface area contributed by atoms with E-state index in [1.54, 1.807) is 52.4 Å². The molecular weight excluding hydrogens is 552 g/mol. The third-order valence-corrected chi connectivity index (χ3v) is 7.70. The number of likely N-dealkylation sites (tertiary alicyclic amines) is 1. The second-order valence-electron chi connectivity index (χ2n) is 10.8. The van der Waals surface area contributed by atoms with Gasteiger partial charge in [0.15, 0.2) is 18.2 Å². The molecule has 224 valence electrons. The van der Waals surface area contributed by atoms with Crippen molar-refractivity contribution in [2.75, 3.05) is 32.8 Å². The summed E-state index contributed by atoms with van der Waals surface area (Å²) in [6.45, 7) is 1.27. The molecule has 11 heteroatoms. The van der Waals surface area contributed by atoms with Gasteiger partial charge in [0.05, 0.1) is 18.4 Å². The minimum Gasteiger partial charge on any atom is -0.482 e. The Morgan fingerprint density at radius 3 is 2.42 bits per heavy atom. The molecule has 1 fully saturated rings. The van der Waals surface area contributed by atoms with Crippen molar-refractivity contribution in [3.05, 3.63) is 89.6 Å². The van der Waals surface area contributed by atoms with E-state index in [4.69, 9.17) is 25.4 Å². The summed E-state index contributed by atoms with van der Waals surface area (Å²) < 4.78 is 16.4. The quantitative estimate of drug-likeness (QED) is 0.185. The molecular formula is C32H34N4O7. The molecule has 0 spiro atoms. The van der Waals surface area contributed by atoms with E-state index in [-0.39, 0.29) is 49.4 Å². The average molecular weight is 587 g/mol. The van der Waals surface area contributed by atoms with Crippen molar-refractivity contribution in [3.63, 3.8) is 0 Å². The van der Waals surface area contributed by atoms with Crippen molar-refractivity contribution in [2.45, 2.75) is 25.6 Å². The van der Waals surface area contributed by atoms with Gasteiger partial charge >= 0.3 is 12.1 Å². The molecule has 2 unspecified atom stereocenters. The lowest BCUT2D eigenvalue weighted by Crippen LogP contribution is -2.42. The number of nitrogens with two attached hydrogens (primary N) is 1. The Kier molecular flexibility index (Phi) is 9.19. The van der Waals surface area contributed by atoms with Gasteiger partial charge in [-0.2, -0.15) is 0 Å². The van der Waals surface area contributed by atoms with Crippen molar-refractivity contribution in [1.82, 2.24) is 9.80 Å². The number of hydrogen-bond acceptors (Lipinski definition) is 9. The summed E-state index contributed by atoms with van der Waals surface area (Å²) in [5, 5.41) is 7.59. The van der Waals surface area contributed by atoms with Crippen LogP contribution in [0.1, 0.15) is 28.8 Å². The number of nitrogens with zero attached hydrogens (tertiary/aromatic N) is 2. The van der Waals surface area contributed by atoms with Crippen LogP contribution in [0.3, 0.4) is 0 Å². The molecule has 1 aliphatic carbocycles. The normalized spacial score (nSPS) is 19.8. The van der Waals surface area contributed by atoms with E-state index >= 15 is 0 Å². The van der Waals surface area contributed by atoms with Gasteiger partial charge in [-0.05, 0) is 35.4 Å². The largest absolute Gasteiger partial charge is 0.482 e. The summed E-state index contributed by atoms with van der Waals surface area (Å²) in [7, 11) is 0. The number of amidine groups is 1. The van der Waals surface area contributed by atoms with Gasteiger partial charge in [0, 0.05) is 44.2 Å². The Hall–Kier alpha value is -4.93. The molecule has 1 saturated heterocycles. The van der Waals surface area contributed by atoms with Gasteiger partial charge in [-0.3, -0.25) is 15.0 Å². The topological polar surface area (TPSA) is 152 Å². The number of carbonyl (C=O) groups excluding carboxylic acids is 4. The van der Waals surface area contributed by atoms with E-state index < -0.39 is 17.8 Å². The van der Waals surface area contributed by atoms with Crippen LogP contribution in [0.2, 0.25) is 0 Å². The predicted molar refractivity (Wildman–Crippen MR) is 156 cm³/mol. The second kappa shape index (κ2) is 13.4. The number of ether oxygens (including phenoxy) is 3. The Balaban J connectivity index is 1.00. The summed E-state index contributed by atoms with van der Waals surface area (Å²) in [5.74, 6) is -1.62. The number of allylic oxidation sites excluding steroid dienone is 1. The average Bonchev–Trinajstić information content (AvgIpc) is 3.43. The lowest BCUT2D eigenvalue weighted by atomic mass is 9.83. The van der Waals surface area contributed by atoms with Crippen LogP contribution in [0.15, 0.2) is 78.5 Å². The van der Waals surface area contributed by atoms with Gasteiger partial charge in [0.2, 0.25) is 0 Å². The first-order valence-corrected chi connectivity index (χ1v) is 14.2. The molecule has 11 nitrogen and oxygen atoms in total. The van der Waals surface area contributed by atoms with Gasteiger partial charge < -0.3 is 29.7 Å². The highest BCUT2D eigenvalue weighted by molar-refractivity contribution is 6.07. The monoisotopic (exact) mass is 586 g/mol. The second-order valence-corrected chi connectivity index (χ2v) is 10.8. The molecule has 2 heterocycles. The van der Waals surface area contributed by atoms with E-state index in [9.17, 15) is 19.2 Å². The molecule has 3 aliphatic rings. The van der Waals surface area contributed by atoms with Gasteiger partial charge in [0.25, 0.3) is 0 Å². The molecule has 2 atom stereocenters. The zero-order valence-electron chi connectivity index (χ0n) is 23.6. The summed E-state index contributed by atoms with van der Waals surface area (Å²) >= 11 is 0. The number of carbonyl (C=O) groups is 4. The van der Waals surface area contributed by atoms with Crippen molar-refractivity contribution >= 4 is 29.5 Å². The lowest BCUT2D eigenvalue weighted by Gasteiger charge is -2.31. The fraction of sp³-hybridized carbons (Fsp3) is 0.344. The number of nitrogens with one attached hydrogen (secondary N) is 1. The number of amides is 1. The molecule has 0 saturated carbocycles. The lowest BCUT2D eigenvalue weighted by molar-refractivity contribution is -0.153. The molecule has 2 aliphatic heterocycles. The van der Waals surface area contributed by atoms with Gasteiger partial charge in [-0.1, -0.05) is 42.5 Å². The van der Waals surface area contributed by atoms with Crippen LogP contribution < -0.4 is 10.5 Å². The molecule has 2 aromatic rings. The van der Waals surface area contributed by atoms with Crippen molar-refractivity contribution in [2.24, 2.45) is 17.6 Å². The number of fused-ring (bicyclic) bond motifs is 1. The van der Waals surface area contributed by atoms with Gasteiger partial charge in [-0.25, -0.2) is 9.59 Å². The fourth-order valence-electron chi connectivity index (χ4n) is 5.33. The molecule has 3 N–H and O–H groups in total. The Morgan fingerprint density at radius 1 is 1.00 bits per heavy atom. The van der Waals surface area contributed by atoms with E-state index in [1.165, 1.54) is 0 Å². The van der Waals surface area contributed by atoms with Gasteiger partial charge in [0.1, 0.15) is 24.3 Å². The zero-order valence-corrected chi connectivity index (χ0v) is 23.6. The van der Waals surface area contributed by atoms with E-state index in [2.05, 4.69) is 0 Å². The summed E-state index contributed by atoms with van der Waals surface area (Å²) in [6.07, 6.45) is 5.56. The Morgan fingerprint density at radius 2 is 1.72 bits per heavy atom. The molecule has 0 bridgehead atoms. The van der Waals surface area contributed by atoms with Crippen LogP contribution in [-0.4, -0.2) is 78.2 Å². The van der Waals surface area contributed by atoms with Crippen LogP contribution in [0.5, 0.6) is 5.75 Å². The number of rotatable bonds is 10. The van der Waals surface area contributed by atoms with Crippen LogP contribution in [0.4, 0.5) is 4.79 Å². The number of hydrogen-bond donors (Lipinski definition) is 2. The van der Waals surface area contributed by atoms with Crippen LogP contribution in [-0.2, 0) is 25.7 Å². The Labute approximate surface area is 249 Å². The number of ketones is 2. The first-order valence-electron chi connectivity index (χ1n) is 14.2. The minimum absolute atomic E-state index is 0.0992. The highest BCUT2D eigenvalue weighted by Crippen LogP contribution is 2.31. The molecule has 2 aromatic carbocycles. The molecule has 0 radical (unpaired) electrons. The standard InChI is InChI=1S/C32H34N4O7/c33-31(34)26-11-8-23-16-35(17-27(23)30(26)39)18-28(37)22-6-9-24(10-7-22)41-20-29(38)43-25-12-14-36(15-13-25)32(40)42-19-21-4-2-1-3-5-21/h1-11,16,25-27H,12-15,17-20H2,(H3,33,34). The van der Waals surface area contributed by atoms with E-state index in [1.807, 2.05) is 30.3 Å². The Bertz CT molecular complexity index is 1430. The summed E-state index contributed by atoms with van der Waals surface area (Å²) in [4.78, 5) is 53.6. The van der Waals surface area contributed by atoms with Crippen molar-refractivity contribution in [3.8, 4) is 5.75 Å².